The zero-order valence-corrected chi connectivity index (χ0v) is 17.7. The number of ether oxygens (including phenoxy) is 2. The van der Waals surface area contributed by atoms with Gasteiger partial charge in [0.2, 0.25) is 0 Å². The Balaban J connectivity index is 2.74. The number of rotatable bonds is 6. The topological polar surface area (TPSA) is 35.5 Å². The monoisotopic (exact) mass is 350 g/mol. The van der Waals surface area contributed by atoms with E-state index in [-0.39, 0.29) is 30.0 Å². The highest BCUT2D eigenvalue weighted by molar-refractivity contribution is 5.71. The Morgan fingerprint density at radius 1 is 1.20 bits per heavy atom. The Bertz CT molecular complexity index is 502. The first-order valence-corrected chi connectivity index (χ1v) is 9.58. The first-order valence-electron chi connectivity index (χ1n) is 9.58. The molecule has 144 valence electrons. The Morgan fingerprint density at radius 3 is 2.24 bits per heavy atom. The fourth-order valence-electron chi connectivity index (χ4n) is 3.70. The molecule has 0 spiro atoms. The van der Waals surface area contributed by atoms with E-state index in [0.29, 0.717) is 11.8 Å². The SMILES string of the molecule is CCC(C)C(C1=CC(C)C(OCC(=O)OC(C)(C)C)C=C1)C(C)(C)C. The fourth-order valence-corrected chi connectivity index (χ4v) is 3.70. The lowest BCUT2D eigenvalue weighted by atomic mass is 9.67. The van der Waals surface area contributed by atoms with Gasteiger partial charge in [0, 0.05) is 5.92 Å². The van der Waals surface area contributed by atoms with Gasteiger partial charge >= 0.3 is 5.97 Å². The molecule has 4 atom stereocenters. The van der Waals surface area contributed by atoms with Crippen molar-refractivity contribution in [2.75, 3.05) is 6.61 Å². The van der Waals surface area contributed by atoms with Gasteiger partial charge < -0.3 is 9.47 Å². The van der Waals surface area contributed by atoms with Gasteiger partial charge in [0.1, 0.15) is 12.2 Å². The molecule has 0 bridgehead atoms. The molecule has 25 heavy (non-hydrogen) atoms. The van der Waals surface area contributed by atoms with Crippen molar-refractivity contribution in [3.8, 4) is 0 Å². The smallest absolute Gasteiger partial charge is 0.332 e. The van der Waals surface area contributed by atoms with E-state index < -0.39 is 5.60 Å². The molecule has 0 N–H and O–H groups in total. The normalized spacial score (nSPS) is 23.8. The molecule has 4 unspecified atom stereocenters. The molecule has 0 saturated heterocycles. The van der Waals surface area contributed by atoms with Gasteiger partial charge in [0.25, 0.3) is 0 Å². The summed E-state index contributed by atoms with van der Waals surface area (Å²) < 4.78 is 11.1. The zero-order valence-electron chi connectivity index (χ0n) is 17.7. The van der Waals surface area contributed by atoms with Crippen LogP contribution in [0.4, 0.5) is 0 Å². The highest BCUT2D eigenvalue weighted by Gasteiger charge is 2.33. The van der Waals surface area contributed by atoms with Gasteiger partial charge in [0.15, 0.2) is 0 Å². The van der Waals surface area contributed by atoms with Gasteiger partial charge in [-0.2, -0.15) is 0 Å². The number of allylic oxidation sites excluding steroid dienone is 2. The van der Waals surface area contributed by atoms with E-state index in [1.165, 1.54) is 12.0 Å². The molecule has 0 aliphatic heterocycles. The third-order valence-corrected chi connectivity index (χ3v) is 4.77. The van der Waals surface area contributed by atoms with Gasteiger partial charge in [-0.1, -0.05) is 66.2 Å². The van der Waals surface area contributed by atoms with Crippen LogP contribution in [0.5, 0.6) is 0 Å². The van der Waals surface area contributed by atoms with Gasteiger partial charge in [-0.15, -0.1) is 0 Å². The fraction of sp³-hybridized carbons (Fsp3) is 0.773. The van der Waals surface area contributed by atoms with Crippen molar-refractivity contribution < 1.29 is 14.3 Å². The predicted octanol–water partition coefficient (Wildman–Crippen LogP) is 5.55. The van der Waals surface area contributed by atoms with Crippen LogP contribution in [-0.4, -0.2) is 24.3 Å². The van der Waals surface area contributed by atoms with Crippen LogP contribution in [0.15, 0.2) is 23.8 Å². The molecule has 1 aliphatic carbocycles. The minimum atomic E-state index is -0.474. The molecule has 0 amide bonds. The van der Waals surface area contributed by atoms with Gasteiger partial charge in [-0.25, -0.2) is 4.79 Å². The van der Waals surface area contributed by atoms with E-state index in [4.69, 9.17) is 9.47 Å². The lowest BCUT2D eigenvalue weighted by Crippen LogP contribution is -2.32. The summed E-state index contributed by atoms with van der Waals surface area (Å²) >= 11 is 0. The molecule has 0 aromatic heterocycles. The summed E-state index contributed by atoms with van der Waals surface area (Å²) in [5, 5.41) is 0. The van der Waals surface area contributed by atoms with Crippen LogP contribution in [0.2, 0.25) is 0 Å². The Labute approximate surface area is 154 Å². The molecular formula is C22H38O3. The predicted molar refractivity (Wildman–Crippen MR) is 104 cm³/mol. The van der Waals surface area contributed by atoms with Gasteiger partial charge in [-0.3, -0.25) is 0 Å². The molecule has 0 saturated carbocycles. The van der Waals surface area contributed by atoms with Gasteiger partial charge in [0.05, 0.1) is 6.10 Å². The molecule has 0 aromatic rings. The van der Waals surface area contributed by atoms with Crippen molar-refractivity contribution in [3.05, 3.63) is 23.8 Å². The second-order valence-corrected chi connectivity index (χ2v) is 9.48. The highest BCUT2D eigenvalue weighted by atomic mass is 16.6. The van der Waals surface area contributed by atoms with Crippen molar-refractivity contribution in [2.24, 2.45) is 23.2 Å². The number of hydrogen-bond acceptors (Lipinski definition) is 3. The van der Waals surface area contributed by atoms with Crippen molar-refractivity contribution in [2.45, 2.75) is 80.4 Å². The van der Waals surface area contributed by atoms with E-state index in [0.717, 1.165) is 0 Å². The zero-order chi connectivity index (χ0) is 19.4. The summed E-state index contributed by atoms with van der Waals surface area (Å²) in [6.45, 7) is 19.3. The van der Waals surface area contributed by atoms with E-state index in [2.05, 4.69) is 59.8 Å². The molecule has 3 nitrogen and oxygen atoms in total. The Hall–Kier alpha value is -1.09. The Morgan fingerprint density at radius 2 is 1.80 bits per heavy atom. The number of carbonyl (C=O) groups is 1. The van der Waals surface area contributed by atoms with Crippen LogP contribution in [0.1, 0.15) is 68.7 Å². The second kappa shape index (κ2) is 8.53. The lowest BCUT2D eigenvalue weighted by molar-refractivity contribution is -0.161. The Kier molecular flexibility index (Phi) is 7.49. The average molecular weight is 351 g/mol. The van der Waals surface area contributed by atoms with Crippen LogP contribution in [-0.2, 0) is 14.3 Å². The van der Waals surface area contributed by atoms with Crippen LogP contribution < -0.4 is 0 Å². The number of hydrogen-bond donors (Lipinski definition) is 0. The molecule has 0 heterocycles. The molecule has 0 radical (unpaired) electrons. The van der Waals surface area contributed by atoms with Crippen LogP contribution in [0.3, 0.4) is 0 Å². The summed E-state index contributed by atoms with van der Waals surface area (Å²) in [5.41, 5.74) is 1.14. The lowest BCUT2D eigenvalue weighted by Gasteiger charge is -2.38. The number of carbonyl (C=O) groups excluding carboxylic acids is 1. The molecule has 1 aliphatic rings. The third kappa shape index (κ3) is 6.97. The van der Waals surface area contributed by atoms with Crippen molar-refractivity contribution in [3.63, 3.8) is 0 Å². The first-order chi connectivity index (χ1) is 11.3. The molecule has 0 aromatic carbocycles. The second-order valence-electron chi connectivity index (χ2n) is 9.48. The summed E-state index contributed by atoms with van der Waals surface area (Å²) in [4.78, 5) is 11.9. The molecule has 3 heteroatoms. The number of esters is 1. The summed E-state index contributed by atoms with van der Waals surface area (Å²) in [6.07, 6.45) is 7.71. The minimum absolute atomic E-state index is 0.00610. The van der Waals surface area contributed by atoms with E-state index in [1.807, 2.05) is 20.8 Å². The van der Waals surface area contributed by atoms with Crippen molar-refractivity contribution in [1.82, 2.24) is 0 Å². The maximum atomic E-state index is 11.9. The summed E-state index contributed by atoms with van der Waals surface area (Å²) in [7, 11) is 0. The largest absolute Gasteiger partial charge is 0.458 e. The quantitative estimate of drug-likeness (QED) is 0.589. The van der Waals surface area contributed by atoms with E-state index >= 15 is 0 Å². The van der Waals surface area contributed by atoms with Crippen LogP contribution in [0, 0.1) is 23.2 Å². The third-order valence-electron chi connectivity index (χ3n) is 4.77. The highest BCUT2D eigenvalue weighted by Crippen LogP contribution is 2.41. The molecular weight excluding hydrogens is 312 g/mol. The first kappa shape index (κ1) is 22.0. The molecule has 1 rings (SSSR count). The van der Waals surface area contributed by atoms with Crippen molar-refractivity contribution in [1.29, 1.82) is 0 Å². The minimum Gasteiger partial charge on any atom is -0.458 e. The summed E-state index contributed by atoms with van der Waals surface area (Å²) in [6, 6.07) is 0. The van der Waals surface area contributed by atoms with Gasteiger partial charge in [-0.05, 0) is 43.6 Å². The van der Waals surface area contributed by atoms with E-state index in [1.54, 1.807) is 0 Å². The summed E-state index contributed by atoms with van der Waals surface area (Å²) in [5.74, 6) is 1.08. The standard InChI is InChI=1S/C22H38O3/c1-10-15(2)20(21(4,5)6)17-11-12-18(16(3)13-17)24-14-19(23)25-22(7,8)9/h11-13,15-16,18,20H,10,14H2,1-9H3. The maximum Gasteiger partial charge on any atom is 0.332 e. The molecule has 0 fully saturated rings. The van der Waals surface area contributed by atoms with Crippen LogP contribution >= 0.6 is 0 Å². The van der Waals surface area contributed by atoms with E-state index in [9.17, 15) is 4.79 Å². The van der Waals surface area contributed by atoms with Crippen molar-refractivity contribution >= 4 is 5.97 Å². The van der Waals surface area contributed by atoms with Crippen LogP contribution in [0.25, 0.3) is 0 Å². The average Bonchev–Trinajstić information content (AvgIpc) is 2.43. The maximum absolute atomic E-state index is 11.9.